The highest BCUT2D eigenvalue weighted by Gasteiger charge is 2.23. The second kappa shape index (κ2) is 10.3. The number of piperazine rings is 1. The molecule has 0 aliphatic carbocycles. The van der Waals surface area contributed by atoms with Crippen LogP contribution in [0.15, 0.2) is 42.5 Å². The van der Waals surface area contributed by atoms with Crippen LogP contribution in [0, 0.1) is 13.8 Å². The lowest BCUT2D eigenvalue weighted by Crippen LogP contribution is -2.51. The molecule has 0 radical (unpaired) electrons. The first-order valence-corrected chi connectivity index (χ1v) is 10.6. The van der Waals surface area contributed by atoms with Crippen LogP contribution in [0.4, 0.5) is 11.4 Å². The normalized spacial score (nSPS) is 14.0. The van der Waals surface area contributed by atoms with E-state index in [0.717, 1.165) is 41.3 Å². The summed E-state index contributed by atoms with van der Waals surface area (Å²) in [7, 11) is 3.46. The van der Waals surface area contributed by atoms with Gasteiger partial charge in [0.05, 0.1) is 20.2 Å². The number of likely N-dealkylation sites (N-methyl/N-ethyl adjacent to an activating group) is 1. The molecule has 0 atom stereocenters. The van der Waals surface area contributed by atoms with Crippen molar-refractivity contribution in [3.8, 4) is 5.75 Å². The minimum atomic E-state index is -0.114. The molecule has 166 valence electrons. The van der Waals surface area contributed by atoms with E-state index in [1.165, 1.54) is 0 Å². The van der Waals surface area contributed by atoms with Gasteiger partial charge in [-0.05, 0) is 56.3 Å². The fourth-order valence-electron chi connectivity index (χ4n) is 3.83. The van der Waals surface area contributed by atoms with Crippen LogP contribution in [0.5, 0.6) is 5.75 Å². The fraction of sp³-hybridized carbons (Fsp3) is 0.417. The van der Waals surface area contributed by atoms with Gasteiger partial charge in [0.1, 0.15) is 5.75 Å². The van der Waals surface area contributed by atoms with Crippen molar-refractivity contribution in [2.24, 2.45) is 0 Å². The summed E-state index contributed by atoms with van der Waals surface area (Å²) in [6.07, 6.45) is 0. The molecule has 7 heteroatoms. The first kappa shape index (κ1) is 22.6. The molecule has 2 amide bonds. The minimum Gasteiger partial charge on any atom is -0.497 e. The molecule has 1 heterocycles. The Bertz CT molecular complexity index is 885. The topological polar surface area (TPSA) is 65.1 Å². The molecular formula is C24H32N4O3. The van der Waals surface area contributed by atoms with Gasteiger partial charge < -0.3 is 19.9 Å². The number of aryl methyl sites for hydroxylation is 2. The molecular weight excluding hydrogens is 392 g/mol. The maximum atomic E-state index is 12.7. The monoisotopic (exact) mass is 424 g/mol. The van der Waals surface area contributed by atoms with Crippen molar-refractivity contribution in [1.29, 1.82) is 0 Å². The van der Waals surface area contributed by atoms with Crippen LogP contribution >= 0.6 is 0 Å². The predicted molar refractivity (Wildman–Crippen MR) is 124 cm³/mol. The number of carbonyl (C=O) groups excluding carboxylic acids is 2. The Morgan fingerprint density at radius 1 is 0.968 bits per heavy atom. The van der Waals surface area contributed by atoms with E-state index in [1.807, 2.05) is 61.2 Å². The number of amides is 2. The summed E-state index contributed by atoms with van der Waals surface area (Å²) >= 11 is 0. The lowest BCUT2D eigenvalue weighted by atomic mass is 10.1. The van der Waals surface area contributed by atoms with Crippen molar-refractivity contribution < 1.29 is 14.3 Å². The molecule has 1 saturated heterocycles. The third-order valence-electron chi connectivity index (χ3n) is 5.63. The van der Waals surface area contributed by atoms with E-state index in [0.29, 0.717) is 13.1 Å². The van der Waals surface area contributed by atoms with E-state index in [1.54, 1.807) is 19.1 Å². The van der Waals surface area contributed by atoms with Crippen molar-refractivity contribution in [2.45, 2.75) is 13.8 Å². The molecule has 0 aromatic heterocycles. The molecule has 0 saturated carbocycles. The summed E-state index contributed by atoms with van der Waals surface area (Å²) in [4.78, 5) is 31.0. The Hall–Kier alpha value is -3.06. The number of carbonyl (C=O) groups is 2. The number of para-hydroxylation sites is 1. The number of hydrogen-bond acceptors (Lipinski definition) is 5. The molecule has 1 fully saturated rings. The number of nitrogens with zero attached hydrogens (tertiary/aromatic N) is 3. The van der Waals surface area contributed by atoms with Crippen molar-refractivity contribution in [2.75, 3.05) is 63.6 Å². The second-order valence-corrected chi connectivity index (χ2v) is 8.05. The number of hydrogen-bond donors (Lipinski definition) is 1. The standard InChI is InChI=1S/C24H32N4O3/c1-18-6-5-7-19(2)24(18)25-22(29)16-26(3)17-23(30)28-14-12-27(13-15-28)20-8-10-21(31-4)11-9-20/h5-11H,12-17H2,1-4H3,(H,25,29). The number of ether oxygens (including phenoxy) is 1. The number of methoxy groups -OCH3 is 1. The highest BCUT2D eigenvalue weighted by molar-refractivity contribution is 5.94. The van der Waals surface area contributed by atoms with Crippen LogP contribution in [0.2, 0.25) is 0 Å². The van der Waals surface area contributed by atoms with E-state index < -0.39 is 0 Å². The van der Waals surface area contributed by atoms with Crippen LogP contribution in [-0.4, -0.2) is 75.0 Å². The van der Waals surface area contributed by atoms with E-state index in [9.17, 15) is 9.59 Å². The second-order valence-electron chi connectivity index (χ2n) is 8.05. The molecule has 1 N–H and O–H groups in total. The van der Waals surface area contributed by atoms with E-state index in [4.69, 9.17) is 4.74 Å². The predicted octanol–water partition coefficient (Wildman–Crippen LogP) is 2.53. The zero-order valence-corrected chi connectivity index (χ0v) is 18.9. The molecule has 2 aromatic rings. The Morgan fingerprint density at radius 3 is 2.16 bits per heavy atom. The van der Waals surface area contributed by atoms with E-state index >= 15 is 0 Å². The van der Waals surface area contributed by atoms with Gasteiger partial charge in [0, 0.05) is 37.6 Å². The quantitative estimate of drug-likeness (QED) is 0.740. The molecule has 0 bridgehead atoms. The van der Waals surface area contributed by atoms with Gasteiger partial charge in [-0.3, -0.25) is 14.5 Å². The zero-order valence-electron chi connectivity index (χ0n) is 18.9. The molecule has 7 nitrogen and oxygen atoms in total. The first-order valence-electron chi connectivity index (χ1n) is 10.6. The van der Waals surface area contributed by atoms with Crippen LogP contribution < -0.4 is 15.0 Å². The third kappa shape index (κ3) is 5.98. The Morgan fingerprint density at radius 2 is 1.58 bits per heavy atom. The summed E-state index contributed by atoms with van der Waals surface area (Å²) in [5.74, 6) is 0.774. The summed E-state index contributed by atoms with van der Waals surface area (Å²) < 4.78 is 5.21. The summed E-state index contributed by atoms with van der Waals surface area (Å²) in [6.45, 7) is 7.27. The number of anilines is 2. The van der Waals surface area contributed by atoms with Crippen molar-refractivity contribution >= 4 is 23.2 Å². The number of nitrogens with one attached hydrogen (secondary N) is 1. The van der Waals surface area contributed by atoms with Gasteiger partial charge in [-0.15, -0.1) is 0 Å². The average molecular weight is 425 g/mol. The Balaban J connectivity index is 1.45. The number of rotatable bonds is 7. The summed E-state index contributed by atoms with van der Waals surface area (Å²) in [5.41, 5.74) is 4.04. The van der Waals surface area contributed by atoms with Crippen molar-refractivity contribution in [3.05, 3.63) is 53.6 Å². The maximum Gasteiger partial charge on any atom is 0.238 e. The number of benzene rings is 2. The molecule has 3 rings (SSSR count). The lowest BCUT2D eigenvalue weighted by Gasteiger charge is -2.36. The van der Waals surface area contributed by atoms with Crippen LogP contribution in [-0.2, 0) is 9.59 Å². The van der Waals surface area contributed by atoms with Gasteiger partial charge in [-0.1, -0.05) is 18.2 Å². The van der Waals surface area contributed by atoms with Gasteiger partial charge in [-0.2, -0.15) is 0 Å². The molecule has 31 heavy (non-hydrogen) atoms. The van der Waals surface area contributed by atoms with Gasteiger partial charge in [-0.25, -0.2) is 0 Å². The Labute approximate surface area is 184 Å². The molecule has 0 unspecified atom stereocenters. The Kier molecular flexibility index (Phi) is 7.52. The highest BCUT2D eigenvalue weighted by Crippen LogP contribution is 2.21. The first-order chi connectivity index (χ1) is 14.9. The van der Waals surface area contributed by atoms with Crippen molar-refractivity contribution in [3.63, 3.8) is 0 Å². The molecule has 2 aromatic carbocycles. The third-order valence-corrected chi connectivity index (χ3v) is 5.63. The minimum absolute atomic E-state index is 0.0525. The average Bonchev–Trinajstić information content (AvgIpc) is 2.76. The summed E-state index contributed by atoms with van der Waals surface area (Å²) in [5, 5.41) is 2.97. The highest BCUT2D eigenvalue weighted by atomic mass is 16.5. The van der Waals surface area contributed by atoms with Gasteiger partial charge in [0.25, 0.3) is 0 Å². The molecule has 0 spiro atoms. The van der Waals surface area contributed by atoms with Crippen LogP contribution in [0.1, 0.15) is 11.1 Å². The van der Waals surface area contributed by atoms with Gasteiger partial charge in [0.2, 0.25) is 11.8 Å². The van der Waals surface area contributed by atoms with E-state index in [2.05, 4.69) is 10.2 Å². The zero-order chi connectivity index (χ0) is 22.4. The molecule has 1 aliphatic heterocycles. The van der Waals surface area contributed by atoms with Gasteiger partial charge >= 0.3 is 0 Å². The van der Waals surface area contributed by atoms with Gasteiger partial charge in [0.15, 0.2) is 0 Å². The molecule has 1 aliphatic rings. The SMILES string of the molecule is COc1ccc(N2CCN(C(=O)CN(C)CC(=O)Nc3c(C)cccc3C)CC2)cc1. The van der Waals surface area contributed by atoms with Crippen molar-refractivity contribution in [1.82, 2.24) is 9.80 Å². The van der Waals surface area contributed by atoms with Crippen LogP contribution in [0.25, 0.3) is 0 Å². The van der Waals surface area contributed by atoms with Crippen LogP contribution in [0.3, 0.4) is 0 Å². The maximum absolute atomic E-state index is 12.7. The van der Waals surface area contributed by atoms with E-state index in [-0.39, 0.29) is 24.9 Å². The smallest absolute Gasteiger partial charge is 0.238 e. The largest absolute Gasteiger partial charge is 0.497 e. The fourth-order valence-corrected chi connectivity index (χ4v) is 3.83. The lowest BCUT2D eigenvalue weighted by molar-refractivity contribution is -0.132. The summed E-state index contributed by atoms with van der Waals surface area (Å²) in [6, 6.07) is 13.9.